The van der Waals surface area contributed by atoms with Gasteiger partial charge in [0, 0.05) is 42.1 Å². The molecule has 150 valence electrons. The number of methoxy groups -OCH3 is 1. The summed E-state index contributed by atoms with van der Waals surface area (Å²) in [5, 5.41) is 2.90. The Bertz CT molecular complexity index is 888. The number of ether oxygens (including phenoxy) is 1. The fourth-order valence-electron chi connectivity index (χ4n) is 3.99. The molecule has 1 N–H and O–H groups in total. The van der Waals surface area contributed by atoms with Gasteiger partial charge in [-0.1, -0.05) is 18.2 Å². The number of fused-ring (bicyclic) bond motifs is 1. The van der Waals surface area contributed by atoms with Crippen molar-refractivity contribution in [3.63, 3.8) is 0 Å². The topological polar surface area (TPSA) is 60.3 Å². The van der Waals surface area contributed by atoms with Crippen molar-refractivity contribution in [3.8, 4) is 0 Å². The highest BCUT2D eigenvalue weighted by atomic mass is 19.1. The number of hydrogen-bond donors (Lipinski definition) is 1. The molecule has 28 heavy (non-hydrogen) atoms. The number of benzene rings is 1. The van der Waals surface area contributed by atoms with Gasteiger partial charge in [0.2, 0.25) is 5.91 Å². The maximum absolute atomic E-state index is 14.2. The minimum atomic E-state index is -0.265. The molecule has 1 heterocycles. The van der Waals surface area contributed by atoms with Gasteiger partial charge in [-0.05, 0) is 38.3 Å². The van der Waals surface area contributed by atoms with Gasteiger partial charge in [0.1, 0.15) is 5.82 Å². The number of carbonyl (C=O) groups excluding carboxylic acids is 2. The average molecular weight is 386 g/mol. The number of Topliss-reactive ketones (excluding diaryl/α,β-unsaturated/α-hetero) is 1. The van der Waals surface area contributed by atoms with Gasteiger partial charge in [0.15, 0.2) is 5.78 Å². The number of carbonyl (C=O) groups is 2. The summed E-state index contributed by atoms with van der Waals surface area (Å²) in [7, 11) is 1.59. The fraction of sp³-hybridized carbons (Fsp3) is 0.455. The first-order chi connectivity index (χ1) is 13.4. The smallest absolute Gasteiger partial charge is 0.224 e. The lowest BCUT2D eigenvalue weighted by Crippen LogP contribution is -2.36. The third kappa shape index (κ3) is 4.17. The van der Waals surface area contributed by atoms with E-state index >= 15 is 0 Å². The molecule has 0 saturated heterocycles. The lowest BCUT2D eigenvalue weighted by molar-refractivity contribution is -0.121. The van der Waals surface area contributed by atoms with Crippen molar-refractivity contribution >= 4 is 11.7 Å². The molecule has 2 aromatic rings. The molecule has 1 unspecified atom stereocenters. The van der Waals surface area contributed by atoms with E-state index in [0.717, 1.165) is 29.8 Å². The van der Waals surface area contributed by atoms with E-state index in [1.807, 2.05) is 18.4 Å². The predicted molar refractivity (Wildman–Crippen MR) is 105 cm³/mol. The van der Waals surface area contributed by atoms with E-state index in [4.69, 9.17) is 4.74 Å². The van der Waals surface area contributed by atoms with Crippen LogP contribution in [0.5, 0.6) is 0 Å². The summed E-state index contributed by atoms with van der Waals surface area (Å²) in [6.45, 7) is 4.57. The van der Waals surface area contributed by atoms with Gasteiger partial charge in [0.05, 0.1) is 19.6 Å². The van der Waals surface area contributed by atoms with E-state index < -0.39 is 0 Å². The first-order valence-corrected chi connectivity index (χ1v) is 9.68. The van der Waals surface area contributed by atoms with Crippen molar-refractivity contribution in [2.45, 2.75) is 52.1 Å². The Hall–Kier alpha value is -2.47. The molecule has 1 aromatic heterocycles. The Labute approximate surface area is 164 Å². The largest absolute Gasteiger partial charge is 0.383 e. The van der Waals surface area contributed by atoms with Gasteiger partial charge >= 0.3 is 0 Å². The summed E-state index contributed by atoms with van der Waals surface area (Å²) in [5.41, 5.74) is 3.78. The third-order valence-electron chi connectivity index (χ3n) is 5.30. The summed E-state index contributed by atoms with van der Waals surface area (Å²) in [4.78, 5) is 25.2. The molecule has 0 aliphatic heterocycles. The number of halogens is 1. The number of nitrogens with one attached hydrogen (secondary N) is 1. The van der Waals surface area contributed by atoms with E-state index in [2.05, 4.69) is 5.32 Å². The first kappa shape index (κ1) is 20.3. The highest BCUT2D eigenvalue weighted by Crippen LogP contribution is 2.31. The number of ketones is 1. The van der Waals surface area contributed by atoms with Crippen LogP contribution in [0.25, 0.3) is 0 Å². The number of rotatable bonds is 7. The second-order valence-corrected chi connectivity index (χ2v) is 7.44. The minimum Gasteiger partial charge on any atom is -0.383 e. The van der Waals surface area contributed by atoms with Crippen LogP contribution in [0.2, 0.25) is 0 Å². The summed E-state index contributed by atoms with van der Waals surface area (Å²) in [6, 6.07) is 6.56. The van der Waals surface area contributed by atoms with Gasteiger partial charge in [-0.2, -0.15) is 0 Å². The van der Waals surface area contributed by atoms with Crippen molar-refractivity contribution < 1.29 is 18.7 Å². The van der Waals surface area contributed by atoms with Crippen LogP contribution in [-0.2, 0) is 28.9 Å². The minimum absolute atomic E-state index is 0.0735. The molecular formula is C22H27FN2O3. The molecule has 1 aliphatic carbocycles. The van der Waals surface area contributed by atoms with E-state index in [0.29, 0.717) is 30.7 Å². The molecular weight excluding hydrogens is 359 g/mol. The standard InChI is InChI=1S/C22H27FN2O3/c1-14(13-28-3)24-21(27)11-17-15(2)25(12-16-7-4-5-8-18(16)23)19-9-6-10-20(26)22(17)19/h4-5,7-8,14H,6,9-13H2,1-3H3,(H,24,27). The molecule has 1 atom stereocenters. The third-order valence-corrected chi connectivity index (χ3v) is 5.30. The Morgan fingerprint density at radius 3 is 2.79 bits per heavy atom. The highest BCUT2D eigenvalue weighted by Gasteiger charge is 2.29. The molecule has 5 nitrogen and oxygen atoms in total. The molecule has 0 fully saturated rings. The second kappa shape index (κ2) is 8.69. The molecule has 3 rings (SSSR count). The molecule has 1 aliphatic rings. The average Bonchev–Trinajstić information content (AvgIpc) is 2.90. The number of nitrogens with zero attached hydrogens (tertiary/aromatic N) is 1. The van der Waals surface area contributed by atoms with Gasteiger partial charge in [0.25, 0.3) is 0 Å². The maximum Gasteiger partial charge on any atom is 0.224 e. The lowest BCUT2D eigenvalue weighted by Gasteiger charge is -2.16. The second-order valence-electron chi connectivity index (χ2n) is 7.44. The molecule has 0 radical (unpaired) electrons. The number of aromatic nitrogens is 1. The zero-order valence-electron chi connectivity index (χ0n) is 16.7. The zero-order valence-corrected chi connectivity index (χ0v) is 16.7. The molecule has 6 heteroatoms. The van der Waals surface area contributed by atoms with Crippen LogP contribution in [0.1, 0.15) is 52.6 Å². The van der Waals surface area contributed by atoms with Crippen molar-refractivity contribution in [2.24, 2.45) is 0 Å². The SMILES string of the molecule is COCC(C)NC(=O)Cc1c2c(n(Cc3ccccc3F)c1C)CCCC2=O. The van der Waals surface area contributed by atoms with Crippen molar-refractivity contribution in [1.82, 2.24) is 9.88 Å². The van der Waals surface area contributed by atoms with Crippen molar-refractivity contribution in [1.29, 1.82) is 0 Å². The Kier molecular flexibility index (Phi) is 6.29. The molecule has 0 spiro atoms. The summed E-state index contributed by atoms with van der Waals surface area (Å²) in [5.74, 6) is -0.333. The van der Waals surface area contributed by atoms with Crippen LogP contribution in [0.15, 0.2) is 24.3 Å². The zero-order chi connectivity index (χ0) is 20.3. The van der Waals surface area contributed by atoms with Gasteiger partial charge < -0.3 is 14.6 Å². The predicted octanol–water partition coefficient (Wildman–Crippen LogP) is 3.20. The monoisotopic (exact) mass is 386 g/mol. The van der Waals surface area contributed by atoms with E-state index in [1.165, 1.54) is 6.07 Å². The van der Waals surface area contributed by atoms with Gasteiger partial charge in [-0.25, -0.2) is 4.39 Å². The first-order valence-electron chi connectivity index (χ1n) is 9.68. The van der Waals surface area contributed by atoms with Crippen LogP contribution in [-0.4, -0.2) is 36.0 Å². The van der Waals surface area contributed by atoms with E-state index in [-0.39, 0.29) is 30.0 Å². The summed E-state index contributed by atoms with van der Waals surface area (Å²) < 4.78 is 21.3. The number of amides is 1. The van der Waals surface area contributed by atoms with E-state index in [9.17, 15) is 14.0 Å². The molecule has 0 bridgehead atoms. The number of hydrogen-bond acceptors (Lipinski definition) is 3. The maximum atomic E-state index is 14.2. The fourth-order valence-corrected chi connectivity index (χ4v) is 3.99. The van der Waals surface area contributed by atoms with E-state index in [1.54, 1.807) is 25.3 Å². The Morgan fingerprint density at radius 1 is 1.32 bits per heavy atom. The molecule has 1 amide bonds. The van der Waals surface area contributed by atoms with Crippen molar-refractivity contribution in [3.05, 3.63) is 58.2 Å². The highest BCUT2D eigenvalue weighted by molar-refractivity contribution is 6.01. The Balaban J connectivity index is 1.94. The van der Waals surface area contributed by atoms with Gasteiger partial charge in [-0.3, -0.25) is 9.59 Å². The van der Waals surface area contributed by atoms with Crippen LogP contribution < -0.4 is 5.32 Å². The van der Waals surface area contributed by atoms with Crippen LogP contribution in [0, 0.1) is 12.7 Å². The molecule has 1 aromatic carbocycles. The van der Waals surface area contributed by atoms with Crippen LogP contribution >= 0.6 is 0 Å². The van der Waals surface area contributed by atoms with Crippen molar-refractivity contribution in [2.75, 3.05) is 13.7 Å². The molecule has 0 saturated carbocycles. The summed E-state index contributed by atoms with van der Waals surface area (Å²) >= 11 is 0. The lowest BCUT2D eigenvalue weighted by atomic mass is 9.92. The normalized spacial score (nSPS) is 14.6. The van der Waals surface area contributed by atoms with Crippen LogP contribution in [0.3, 0.4) is 0 Å². The van der Waals surface area contributed by atoms with Gasteiger partial charge in [-0.15, -0.1) is 0 Å². The Morgan fingerprint density at radius 2 is 2.07 bits per heavy atom. The summed E-state index contributed by atoms with van der Waals surface area (Å²) in [6.07, 6.45) is 2.17. The van der Waals surface area contributed by atoms with Crippen LogP contribution in [0.4, 0.5) is 4.39 Å². The quantitative estimate of drug-likeness (QED) is 0.795.